The lowest BCUT2D eigenvalue weighted by atomic mass is 9.76. The molecule has 1 aromatic heterocycles. The SMILES string of the molecule is CNC(C(=O)NC(C(=O)N(C)C/C=C(\C)C(=O)NC(CC(=O)NCCN1C(=O)CC(SCCC(=O)O)C1=O)C(=O)O)C(C)(C)C)C(C)(C)c1cn(C)c2ccccc12. The fourth-order valence-electron chi connectivity index (χ4n) is 6.72. The van der Waals surface area contributed by atoms with Crippen LogP contribution in [0.2, 0.25) is 0 Å². The Morgan fingerprint density at radius 2 is 1.67 bits per heavy atom. The monoisotopic (exact) mass is 827 g/mol. The van der Waals surface area contributed by atoms with Gasteiger partial charge in [0.15, 0.2) is 0 Å². The molecule has 1 aliphatic heterocycles. The number of amides is 6. The average molecular weight is 828 g/mol. The summed E-state index contributed by atoms with van der Waals surface area (Å²) in [5, 5.41) is 29.7. The van der Waals surface area contributed by atoms with Gasteiger partial charge in [0, 0.05) is 74.0 Å². The van der Waals surface area contributed by atoms with Crippen molar-refractivity contribution in [2.45, 2.75) is 89.6 Å². The number of imide groups is 1. The van der Waals surface area contributed by atoms with Crippen molar-refractivity contribution in [1.82, 2.24) is 35.6 Å². The summed E-state index contributed by atoms with van der Waals surface area (Å²) in [4.78, 5) is 103. The van der Waals surface area contributed by atoms with Crippen LogP contribution in [0.1, 0.15) is 66.4 Å². The third-order valence-corrected chi connectivity index (χ3v) is 11.4. The first-order valence-corrected chi connectivity index (χ1v) is 20.0. The van der Waals surface area contributed by atoms with E-state index in [0.717, 1.165) is 33.1 Å². The van der Waals surface area contributed by atoms with E-state index in [1.807, 2.05) is 76.7 Å². The minimum atomic E-state index is -1.61. The molecule has 3 rings (SSSR count). The van der Waals surface area contributed by atoms with Crippen molar-refractivity contribution in [2.24, 2.45) is 12.5 Å². The number of likely N-dealkylation sites (N-methyl/N-ethyl adjacent to an activating group) is 2. The smallest absolute Gasteiger partial charge is 0.326 e. The van der Waals surface area contributed by atoms with E-state index in [9.17, 15) is 43.5 Å². The zero-order valence-electron chi connectivity index (χ0n) is 34.6. The molecule has 0 aliphatic carbocycles. The van der Waals surface area contributed by atoms with Gasteiger partial charge < -0.3 is 40.9 Å². The number of carbonyl (C=O) groups excluding carboxylic acids is 6. The minimum absolute atomic E-state index is 0.0530. The number of para-hydroxylation sites is 1. The third kappa shape index (κ3) is 11.9. The molecule has 6 N–H and O–H groups in total. The number of hydrogen-bond donors (Lipinski definition) is 6. The van der Waals surface area contributed by atoms with Crippen LogP contribution in [0.5, 0.6) is 0 Å². The fraction of sp³-hybridized carbons (Fsp3) is 0.550. The Morgan fingerprint density at radius 1 is 1.02 bits per heavy atom. The zero-order valence-corrected chi connectivity index (χ0v) is 35.5. The van der Waals surface area contributed by atoms with Gasteiger partial charge in [-0.15, -0.1) is 11.8 Å². The Bertz CT molecular complexity index is 1930. The van der Waals surface area contributed by atoms with Crippen LogP contribution in [0.15, 0.2) is 42.1 Å². The number of aliphatic carboxylic acids is 2. The summed E-state index contributed by atoms with van der Waals surface area (Å²) in [6.45, 7) is 10.5. The lowest BCUT2D eigenvalue weighted by Crippen LogP contribution is -2.60. The normalized spacial score (nSPS) is 16.5. The van der Waals surface area contributed by atoms with Crippen LogP contribution in [-0.2, 0) is 50.8 Å². The van der Waals surface area contributed by atoms with Crippen LogP contribution in [0.4, 0.5) is 0 Å². The Kier molecular flexibility index (Phi) is 16.2. The number of carboxylic acids is 2. The summed E-state index contributed by atoms with van der Waals surface area (Å²) in [6, 6.07) is 4.65. The van der Waals surface area contributed by atoms with Crippen molar-refractivity contribution in [3.05, 3.63) is 47.7 Å². The highest BCUT2D eigenvalue weighted by atomic mass is 32.2. The molecule has 18 heteroatoms. The maximum atomic E-state index is 14.0. The summed E-state index contributed by atoms with van der Waals surface area (Å²) in [6.07, 6.45) is 2.56. The molecule has 4 unspecified atom stereocenters. The van der Waals surface area contributed by atoms with Crippen molar-refractivity contribution < 1.29 is 48.6 Å². The van der Waals surface area contributed by atoms with Crippen molar-refractivity contribution in [3.63, 3.8) is 0 Å². The van der Waals surface area contributed by atoms with Crippen LogP contribution in [-0.4, -0.2) is 135 Å². The van der Waals surface area contributed by atoms with E-state index in [1.165, 1.54) is 24.9 Å². The number of nitrogens with one attached hydrogen (secondary N) is 4. The van der Waals surface area contributed by atoms with Gasteiger partial charge >= 0.3 is 11.9 Å². The van der Waals surface area contributed by atoms with E-state index < -0.39 is 82.1 Å². The molecule has 318 valence electrons. The molecule has 6 amide bonds. The maximum Gasteiger partial charge on any atom is 0.326 e. The van der Waals surface area contributed by atoms with E-state index >= 15 is 0 Å². The van der Waals surface area contributed by atoms with Gasteiger partial charge in [-0.3, -0.25) is 38.5 Å². The number of fused-ring (bicyclic) bond motifs is 1. The Balaban J connectivity index is 1.58. The van der Waals surface area contributed by atoms with Gasteiger partial charge in [-0.2, -0.15) is 0 Å². The second kappa shape index (κ2) is 20.0. The second-order valence-corrected chi connectivity index (χ2v) is 17.3. The van der Waals surface area contributed by atoms with Crippen molar-refractivity contribution in [3.8, 4) is 0 Å². The molecule has 17 nitrogen and oxygen atoms in total. The number of thioether (sulfide) groups is 1. The zero-order chi connectivity index (χ0) is 43.7. The number of nitrogens with zero attached hydrogens (tertiary/aromatic N) is 3. The summed E-state index contributed by atoms with van der Waals surface area (Å²) < 4.78 is 2.01. The third-order valence-electron chi connectivity index (χ3n) is 10.2. The highest BCUT2D eigenvalue weighted by Crippen LogP contribution is 2.35. The van der Waals surface area contributed by atoms with E-state index in [4.69, 9.17) is 5.11 Å². The molecular formula is C40H57N7O10S. The highest BCUT2D eigenvalue weighted by molar-refractivity contribution is 8.00. The topological polar surface area (TPSA) is 237 Å². The molecule has 0 radical (unpaired) electrons. The number of carbonyl (C=O) groups is 8. The molecular weight excluding hydrogens is 771 g/mol. The fourth-order valence-corrected chi connectivity index (χ4v) is 7.83. The van der Waals surface area contributed by atoms with E-state index in [2.05, 4.69) is 21.3 Å². The number of carboxylic acid groups (broad SMARTS) is 2. The second-order valence-electron chi connectivity index (χ2n) is 16.0. The molecule has 1 fully saturated rings. The van der Waals surface area contributed by atoms with Crippen molar-refractivity contribution in [2.75, 3.05) is 39.5 Å². The number of likely N-dealkylation sites (tertiary alicyclic amines) is 1. The number of hydrogen-bond acceptors (Lipinski definition) is 10. The first-order chi connectivity index (χ1) is 27.0. The predicted octanol–water partition coefficient (Wildman–Crippen LogP) is 1.39. The Labute approximate surface area is 342 Å². The quantitative estimate of drug-likeness (QED) is 0.0821. The number of aromatic nitrogens is 1. The van der Waals surface area contributed by atoms with Crippen molar-refractivity contribution >= 4 is 70.0 Å². The molecule has 1 saturated heterocycles. The van der Waals surface area contributed by atoms with Crippen LogP contribution in [0, 0.1) is 5.41 Å². The first kappa shape index (κ1) is 47.1. The predicted molar refractivity (Wildman–Crippen MR) is 219 cm³/mol. The maximum absolute atomic E-state index is 14.0. The molecule has 58 heavy (non-hydrogen) atoms. The highest BCUT2D eigenvalue weighted by Gasteiger charge is 2.42. The molecule has 2 aromatic rings. The minimum Gasteiger partial charge on any atom is -0.481 e. The van der Waals surface area contributed by atoms with Crippen LogP contribution in [0.25, 0.3) is 10.9 Å². The standard InChI is InChI=1S/C40H57N7O10S/c1-23(34(52)43-26(38(56)57)20-29(48)42-16-18-47-30(49)21-28(36(47)54)58-19-15-31(50)51)14-17-45(8)37(55)33(39(2,3)4)44-35(53)32(41-7)40(5,6)25-22-46(9)27-13-11-10-12-24(25)27/h10-14,22,26,28,32-33,41H,15-21H2,1-9H3,(H,42,48)(H,43,52)(H,44,53)(H,50,51)(H,56,57)/b23-14+. The molecule has 4 atom stereocenters. The van der Waals surface area contributed by atoms with Crippen LogP contribution in [0.3, 0.4) is 0 Å². The van der Waals surface area contributed by atoms with Gasteiger partial charge in [0.25, 0.3) is 0 Å². The summed E-state index contributed by atoms with van der Waals surface area (Å²) in [5.41, 5.74) is 0.671. The van der Waals surface area contributed by atoms with Gasteiger partial charge in [0.2, 0.25) is 35.4 Å². The van der Waals surface area contributed by atoms with Crippen molar-refractivity contribution in [1.29, 1.82) is 0 Å². The van der Waals surface area contributed by atoms with Gasteiger partial charge in [0.05, 0.1) is 24.1 Å². The summed E-state index contributed by atoms with van der Waals surface area (Å²) >= 11 is 1.07. The number of aryl methyl sites for hydroxylation is 1. The van der Waals surface area contributed by atoms with Crippen LogP contribution < -0.4 is 21.3 Å². The first-order valence-electron chi connectivity index (χ1n) is 18.9. The number of rotatable bonds is 20. The molecule has 2 heterocycles. The molecule has 0 saturated carbocycles. The lowest BCUT2D eigenvalue weighted by Gasteiger charge is -2.38. The molecule has 1 aliphatic rings. The number of benzene rings is 1. The van der Waals surface area contributed by atoms with E-state index in [0.29, 0.717) is 0 Å². The van der Waals surface area contributed by atoms with Gasteiger partial charge in [-0.1, -0.05) is 58.9 Å². The largest absolute Gasteiger partial charge is 0.481 e. The van der Waals surface area contributed by atoms with Crippen LogP contribution >= 0.6 is 11.8 Å². The average Bonchev–Trinajstić information content (AvgIpc) is 3.62. The summed E-state index contributed by atoms with van der Waals surface area (Å²) in [7, 11) is 5.17. The molecule has 1 aromatic carbocycles. The Morgan fingerprint density at radius 3 is 2.28 bits per heavy atom. The lowest BCUT2D eigenvalue weighted by molar-refractivity contribution is -0.143. The molecule has 0 spiro atoms. The van der Waals surface area contributed by atoms with E-state index in [-0.39, 0.29) is 49.7 Å². The Hall–Kier alpha value is -5.23. The van der Waals surface area contributed by atoms with Gasteiger partial charge in [-0.05, 0) is 31.0 Å². The van der Waals surface area contributed by atoms with Gasteiger partial charge in [0.1, 0.15) is 12.1 Å². The van der Waals surface area contributed by atoms with Gasteiger partial charge in [-0.25, -0.2) is 4.79 Å². The molecule has 0 bridgehead atoms. The van der Waals surface area contributed by atoms with E-state index in [1.54, 1.807) is 7.05 Å². The summed E-state index contributed by atoms with van der Waals surface area (Å²) in [5.74, 6) is -5.58.